The van der Waals surface area contributed by atoms with Crippen molar-refractivity contribution in [3.8, 4) is 17.0 Å². The third-order valence-corrected chi connectivity index (χ3v) is 9.13. The second-order valence-electron chi connectivity index (χ2n) is 12.2. The van der Waals surface area contributed by atoms with Crippen LogP contribution in [0.5, 0.6) is 5.88 Å². The van der Waals surface area contributed by atoms with Crippen LogP contribution in [0.25, 0.3) is 11.1 Å². The molecule has 1 aromatic heterocycles. The van der Waals surface area contributed by atoms with E-state index in [9.17, 15) is 27.9 Å². The van der Waals surface area contributed by atoms with Crippen LogP contribution in [0.3, 0.4) is 0 Å². The minimum atomic E-state index is -4.75. The summed E-state index contributed by atoms with van der Waals surface area (Å²) in [4.78, 5) is 36.0. The van der Waals surface area contributed by atoms with Gasteiger partial charge < -0.3 is 36.0 Å². The molecule has 0 saturated carbocycles. The standard InChI is InChI=1S/C32H36F3N7O4/c33-32(34,35)27(22-5-1-20(2-6-22)21-3-7-23(8-4-21)28(43)42-15-11-37-12-16-42)46-26-17-25(39-30(36)40-26)41-13-9-31(10-14-41)18-24(29(44)45)38-19-31/h1-8,17,24,27,37-38H,9-16,18-19H2,(H,44,45)(H2,36,39,40)/t24-,27+/m0/s1. The predicted molar refractivity (Wildman–Crippen MR) is 164 cm³/mol. The Labute approximate surface area is 263 Å². The highest BCUT2D eigenvalue weighted by Gasteiger charge is 2.45. The molecule has 3 fully saturated rings. The number of anilines is 2. The van der Waals surface area contributed by atoms with Gasteiger partial charge in [0.05, 0.1) is 0 Å². The molecule has 11 nitrogen and oxygen atoms in total. The number of aromatic nitrogens is 2. The number of nitrogens with two attached hydrogens (primary N) is 1. The number of rotatable bonds is 7. The largest absolute Gasteiger partial charge is 0.480 e. The van der Waals surface area contributed by atoms with E-state index in [4.69, 9.17) is 10.5 Å². The van der Waals surface area contributed by atoms with Crippen LogP contribution in [-0.2, 0) is 4.79 Å². The summed E-state index contributed by atoms with van der Waals surface area (Å²) in [7, 11) is 0. The maximum Gasteiger partial charge on any atom is 0.429 e. The molecule has 3 saturated heterocycles. The minimum absolute atomic E-state index is 0.0497. The number of hydrogen-bond donors (Lipinski definition) is 4. The Kier molecular flexibility index (Phi) is 8.75. The Hall–Kier alpha value is -4.43. The number of nitrogens with zero attached hydrogens (tertiary/aromatic N) is 4. The first-order valence-electron chi connectivity index (χ1n) is 15.3. The van der Waals surface area contributed by atoms with Crippen molar-refractivity contribution in [3.05, 3.63) is 65.7 Å². The van der Waals surface area contributed by atoms with Gasteiger partial charge in [0, 0.05) is 63.0 Å². The van der Waals surface area contributed by atoms with Gasteiger partial charge in [-0.15, -0.1) is 0 Å². The number of piperazine rings is 1. The van der Waals surface area contributed by atoms with Crippen molar-refractivity contribution in [1.29, 1.82) is 0 Å². The fourth-order valence-electron chi connectivity index (χ4n) is 6.49. The monoisotopic (exact) mass is 639 g/mol. The SMILES string of the molecule is Nc1nc(O[C@H](c2ccc(-c3ccc(C(=O)N4CCNCC4)cc3)cc2)C(F)(F)F)cc(N2CCC3(CC2)CN[C@H](C(=O)O)C3)n1. The van der Waals surface area contributed by atoms with E-state index in [0.29, 0.717) is 68.9 Å². The van der Waals surface area contributed by atoms with E-state index in [1.807, 2.05) is 4.90 Å². The Morgan fingerprint density at radius 1 is 0.978 bits per heavy atom. The van der Waals surface area contributed by atoms with Crippen LogP contribution in [0, 0.1) is 5.41 Å². The van der Waals surface area contributed by atoms with Crippen molar-refractivity contribution < 1.29 is 32.6 Å². The van der Waals surface area contributed by atoms with Crippen LogP contribution < -0.4 is 26.0 Å². The highest BCUT2D eigenvalue weighted by molar-refractivity contribution is 5.94. The molecule has 2 aromatic carbocycles. The molecule has 3 aromatic rings. The number of carbonyl (C=O) groups is 2. The summed E-state index contributed by atoms with van der Waals surface area (Å²) in [5, 5.41) is 15.6. The van der Waals surface area contributed by atoms with Crippen molar-refractivity contribution in [2.24, 2.45) is 5.41 Å². The zero-order valence-corrected chi connectivity index (χ0v) is 25.1. The number of carbonyl (C=O) groups excluding carboxylic acids is 1. The highest BCUT2D eigenvalue weighted by atomic mass is 19.4. The summed E-state index contributed by atoms with van der Waals surface area (Å²) in [6.45, 7) is 4.46. The van der Waals surface area contributed by atoms with E-state index >= 15 is 0 Å². The lowest BCUT2D eigenvalue weighted by Crippen LogP contribution is -2.46. The number of benzene rings is 2. The first-order valence-corrected chi connectivity index (χ1v) is 15.3. The number of piperidine rings is 1. The zero-order valence-electron chi connectivity index (χ0n) is 25.1. The van der Waals surface area contributed by atoms with Crippen molar-refractivity contribution >= 4 is 23.6 Å². The number of nitrogens with one attached hydrogen (secondary N) is 2. The topological polar surface area (TPSA) is 146 Å². The molecule has 0 unspecified atom stereocenters. The number of nitrogen functional groups attached to an aromatic ring is 1. The molecule has 4 heterocycles. The van der Waals surface area contributed by atoms with Gasteiger partial charge in [-0.05, 0) is 47.9 Å². The lowest BCUT2D eigenvalue weighted by molar-refractivity contribution is -0.198. The molecule has 1 spiro atoms. The Bertz CT molecular complexity index is 1560. The smallest absolute Gasteiger partial charge is 0.429 e. The molecule has 244 valence electrons. The maximum absolute atomic E-state index is 14.3. The van der Waals surface area contributed by atoms with Crippen LogP contribution in [-0.4, -0.2) is 89.9 Å². The van der Waals surface area contributed by atoms with Gasteiger partial charge >= 0.3 is 12.1 Å². The van der Waals surface area contributed by atoms with Gasteiger partial charge in [0.15, 0.2) is 0 Å². The van der Waals surface area contributed by atoms with Gasteiger partial charge in [0.1, 0.15) is 11.9 Å². The van der Waals surface area contributed by atoms with E-state index < -0.39 is 24.3 Å². The quantitative estimate of drug-likeness (QED) is 0.303. The van der Waals surface area contributed by atoms with Gasteiger partial charge in [0.2, 0.25) is 17.9 Å². The van der Waals surface area contributed by atoms with Crippen molar-refractivity contribution in [3.63, 3.8) is 0 Å². The number of halogens is 3. The van der Waals surface area contributed by atoms with Gasteiger partial charge in [-0.25, -0.2) is 0 Å². The molecule has 5 N–H and O–H groups in total. The van der Waals surface area contributed by atoms with Gasteiger partial charge in [-0.1, -0.05) is 36.4 Å². The van der Waals surface area contributed by atoms with Crippen LogP contribution in [0.15, 0.2) is 54.6 Å². The molecule has 6 rings (SSSR count). The Morgan fingerprint density at radius 3 is 2.20 bits per heavy atom. The molecule has 0 radical (unpaired) electrons. The van der Waals surface area contributed by atoms with Crippen molar-refractivity contribution in [1.82, 2.24) is 25.5 Å². The summed E-state index contributed by atoms with van der Waals surface area (Å²) in [6.07, 6.45) is -5.11. The van der Waals surface area contributed by atoms with Crippen LogP contribution in [0.4, 0.5) is 24.9 Å². The minimum Gasteiger partial charge on any atom is -0.480 e. The zero-order chi connectivity index (χ0) is 32.5. The first kappa shape index (κ1) is 31.5. The molecular formula is C32H36F3N7O4. The summed E-state index contributed by atoms with van der Waals surface area (Å²) in [6, 6.07) is 13.7. The predicted octanol–water partition coefficient (Wildman–Crippen LogP) is 3.49. The first-order chi connectivity index (χ1) is 22.0. The van der Waals surface area contributed by atoms with Crippen molar-refractivity contribution in [2.45, 2.75) is 37.6 Å². The number of ether oxygens (including phenoxy) is 1. The third kappa shape index (κ3) is 6.87. The average molecular weight is 640 g/mol. The molecule has 46 heavy (non-hydrogen) atoms. The number of hydrogen-bond acceptors (Lipinski definition) is 9. The number of carboxylic acids is 1. The number of carboxylic acid groups (broad SMARTS) is 1. The van der Waals surface area contributed by atoms with E-state index in [0.717, 1.165) is 18.7 Å². The second kappa shape index (κ2) is 12.8. The van der Waals surface area contributed by atoms with Crippen molar-refractivity contribution in [2.75, 3.05) is 56.4 Å². The average Bonchev–Trinajstić information content (AvgIpc) is 3.47. The van der Waals surface area contributed by atoms with E-state index in [-0.39, 0.29) is 28.7 Å². The van der Waals surface area contributed by atoms with E-state index in [1.165, 1.54) is 18.2 Å². The fourth-order valence-corrected chi connectivity index (χ4v) is 6.49. The molecule has 0 bridgehead atoms. The summed E-state index contributed by atoms with van der Waals surface area (Å²) < 4.78 is 48.4. The summed E-state index contributed by atoms with van der Waals surface area (Å²) >= 11 is 0. The Morgan fingerprint density at radius 2 is 1.61 bits per heavy atom. The van der Waals surface area contributed by atoms with Crippen LogP contribution >= 0.6 is 0 Å². The van der Waals surface area contributed by atoms with Gasteiger partial charge in [-0.3, -0.25) is 9.59 Å². The molecule has 14 heteroatoms. The Balaban J connectivity index is 1.14. The van der Waals surface area contributed by atoms with Gasteiger partial charge in [-0.2, -0.15) is 23.1 Å². The molecule has 1 amide bonds. The lowest BCUT2D eigenvalue weighted by atomic mass is 9.76. The molecule has 0 aliphatic carbocycles. The number of alkyl halides is 3. The number of amides is 1. The summed E-state index contributed by atoms with van der Waals surface area (Å²) in [5.74, 6) is -1.07. The fraction of sp³-hybridized carbons (Fsp3) is 0.438. The molecule has 3 aliphatic heterocycles. The summed E-state index contributed by atoms with van der Waals surface area (Å²) in [5.41, 5.74) is 7.66. The molecule has 3 aliphatic rings. The third-order valence-electron chi connectivity index (χ3n) is 9.13. The second-order valence-corrected chi connectivity index (χ2v) is 12.2. The lowest BCUT2D eigenvalue weighted by Gasteiger charge is -2.39. The van der Waals surface area contributed by atoms with Crippen LogP contribution in [0.2, 0.25) is 0 Å². The van der Waals surface area contributed by atoms with Gasteiger partial charge in [0.25, 0.3) is 5.91 Å². The highest BCUT2D eigenvalue weighted by Crippen LogP contribution is 2.41. The number of aliphatic carboxylic acids is 1. The maximum atomic E-state index is 14.3. The molecular weight excluding hydrogens is 603 g/mol. The van der Waals surface area contributed by atoms with E-state index in [1.54, 1.807) is 41.3 Å². The van der Waals surface area contributed by atoms with E-state index in [2.05, 4.69) is 20.6 Å². The van der Waals surface area contributed by atoms with Crippen LogP contribution in [0.1, 0.15) is 41.3 Å². The normalized spacial score (nSPS) is 20.5. The molecule has 2 atom stereocenters.